The van der Waals surface area contributed by atoms with Crippen LogP contribution >= 0.6 is 11.6 Å². The van der Waals surface area contributed by atoms with Crippen LogP contribution in [0, 0.1) is 0 Å². The first-order valence-electron chi connectivity index (χ1n) is 7.47. The average molecular weight is 285 g/mol. The highest BCUT2D eigenvalue weighted by Gasteiger charge is 2.02. The number of aryl methyl sites for hydroxylation is 1. The van der Waals surface area contributed by atoms with Crippen molar-refractivity contribution >= 4 is 11.6 Å². The molecular formula is C15H25ClN2O. The Morgan fingerprint density at radius 1 is 1.05 bits per heavy atom. The van der Waals surface area contributed by atoms with Crippen molar-refractivity contribution in [3.63, 3.8) is 0 Å². The average Bonchev–Trinajstić information content (AvgIpc) is 2.39. The fourth-order valence-electron chi connectivity index (χ4n) is 2.18. The van der Waals surface area contributed by atoms with Crippen molar-refractivity contribution in [3.8, 4) is 0 Å². The van der Waals surface area contributed by atoms with Crippen LogP contribution in [0.2, 0.25) is 5.15 Å². The fraction of sp³-hybridized carbons (Fsp3) is 0.733. The third-order valence-corrected chi connectivity index (χ3v) is 3.65. The summed E-state index contributed by atoms with van der Waals surface area (Å²) in [5, 5.41) is 0.395. The van der Waals surface area contributed by atoms with Crippen molar-refractivity contribution < 1.29 is 0 Å². The number of rotatable bonds is 10. The van der Waals surface area contributed by atoms with E-state index in [2.05, 4.69) is 16.9 Å². The van der Waals surface area contributed by atoms with Crippen LogP contribution in [0.5, 0.6) is 0 Å². The highest BCUT2D eigenvalue weighted by Crippen LogP contribution is 2.13. The Labute approximate surface area is 120 Å². The largest absolute Gasteiger partial charge is 0.310 e. The number of aromatic nitrogens is 2. The van der Waals surface area contributed by atoms with E-state index in [1.54, 1.807) is 0 Å². The van der Waals surface area contributed by atoms with E-state index in [0.717, 1.165) is 18.5 Å². The molecule has 0 aliphatic carbocycles. The zero-order valence-electron chi connectivity index (χ0n) is 11.9. The van der Waals surface area contributed by atoms with Gasteiger partial charge < -0.3 is 4.98 Å². The Hall–Kier alpha value is -0.830. The highest BCUT2D eigenvalue weighted by molar-refractivity contribution is 6.29. The lowest BCUT2D eigenvalue weighted by Gasteiger charge is -2.03. The number of aromatic amines is 1. The van der Waals surface area contributed by atoms with Crippen molar-refractivity contribution in [2.75, 3.05) is 0 Å². The van der Waals surface area contributed by atoms with E-state index < -0.39 is 0 Å². The van der Waals surface area contributed by atoms with Crippen LogP contribution in [0.25, 0.3) is 0 Å². The Morgan fingerprint density at radius 3 is 2.21 bits per heavy atom. The lowest BCUT2D eigenvalue weighted by Crippen LogP contribution is -2.08. The van der Waals surface area contributed by atoms with Crippen LogP contribution in [0.15, 0.2) is 11.0 Å². The summed E-state index contributed by atoms with van der Waals surface area (Å²) >= 11 is 5.92. The molecule has 0 saturated heterocycles. The number of nitrogens with zero attached hydrogens (tertiary/aromatic N) is 1. The smallest absolute Gasteiger partial charge is 0.267 e. The van der Waals surface area contributed by atoms with Gasteiger partial charge in [-0.15, -0.1) is 0 Å². The molecule has 0 radical (unpaired) electrons. The third kappa shape index (κ3) is 7.36. The lowest BCUT2D eigenvalue weighted by atomic mass is 10.1. The van der Waals surface area contributed by atoms with Gasteiger partial charge in [-0.1, -0.05) is 69.9 Å². The molecule has 4 heteroatoms. The van der Waals surface area contributed by atoms with Crippen LogP contribution < -0.4 is 5.56 Å². The molecule has 0 fully saturated rings. The van der Waals surface area contributed by atoms with Crippen molar-refractivity contribution in [2.24, 2.45) is 0 Å². The Kier molecular flexibility index (Phi) is 8.55. The van der Waals surface area contributed by atoms with Crippen molar-refractivity contribution in [3.05, 3.63) is 27.4 Å². The maximum Gasteiger partial charge on any atom is 0.267 e. The summed E-state index contributed by atoms with van der Waals surface area (Å²) in [6, 6.07) is 0. The summed E-state index contributed by atoms with van der Waals surface area (Å²) in [4.78, 5) is 17.6. The fourth-order valence-corrected chi connectivity index (χ4v) is 2.42. The van der Waals surface area contributed by atoms with Gasteiger partial charge in [0, 0.05) is 0 Å². The van der Waals surface area contributed by atoms with E-state index in [9.17, 15) is 4.79 Å². The molecule has 0 aliphatic rings. The summed E-state index contributed by atoms with van der Waals surface area (Å²) in [6.07, 6.45) is 13.9. The molecule has 1 rings (SSSR count). The summed E-state index contributed by atoms with van der Waals surface area (Å²) in [7, 11) is 0. The minimum Gasteiger partial charge on any atom is -0.310 e. The SMILES string of the molecule is CCCCCCCCCCCc1ncc(=O)[nH]c1Cl. The van der Waals surface area contributed by atoms with Gasteiger partial charge in [0.15, 0.2) is 0 Å². The van der Waals surface area contributed by atoms with E-state index in [-0.39, 0.29) is 5.56 Å². The third-order valence-electron chi connectivity index (χ3n) is 3.34. The lowest BCUT2D eigenvalue weighted by molar-refractivity contribution is 0.563. The molecular weight excluding hydrogens is 260 g/mol. The van der Waals surface area contributed by atoms with Gasteiger partial charge in [-0.05, 0) is 12.8 Å². The van der Waals surface area contributed by atoms with Crippen LogP contribution in [0.3, 0.4) is 0 Å². The first-order chi connectivity index (χ1) is 9.24. The molecule has 0 aliphatic heterocycles. The zero-order valence-corrected chi connectivity index (χ0v) is 12.6. The number of nitrogens with one attached hydrogen (secondary N) is 1. The molecule has 1 N–H and O–H groups in total. The summed E-state index contributed by atoms with van der Waals surface area (Å²) < 4.78 is 0. The molecule has 1 heterocycles. The van der Waals surface area contributed by atoms with Crippen molar-refractivity contribution in [2.45, 2.75) is 71.1 Å². The molecule has 0 unspecified atom stereocenters. The Morgan fingerprint density at radius 2 is 1.63 bits per heavy atom. The number of hydrogen-bond donors (Lipinski definition) is 1. The van der Waals surface area contributed by atoms with Gasteiger partial charge in [0.25, 0.3) is 5.56 Å². The van der Waals surface area contributed by atoms with E-state index >= 15 is 0 Å². The molecule has 0 saturated carbocycles. The quantitative estimate of drug-likeness (QED) is 0.643. The van der Waals surface area contributed by atoms with Gasteiger partial charge in [-0.2, -0.15) is 0 Å². The summed E-state index contributed by atoms with van der Waals surface area (Å²) in [6.45, 7) is 2.25. The summed E-state index contributed by atoms with van der Waals surface area (Å²) in [5.74, 6) is 0. The number of hydrogen-bond acceptors (Lipinski definition) is 2. The van der Waals surface area contributed by atoms with Crippen LogP contribution in [-0.4, -0.2) is 9.97 Å². The zero-order chi connectivity index (χ0) is 13.9. The number of H-pyrrole nitrogens is 1. The standard InChI is InChI=1S/C15H25ClN2O/c1-2-3-4-5-6-7-8-9-10-11-13-15(16)18-14(19)12-17-13/h12H,2-11H2,1H3,(H,18,19). The van der Waals surface area contributed by atoms with Gasteiger partial charge in [-0.25, -0.2) is 0 Å². The van der Waals surface area contributed by atoms with Crippen molar-refractivity contribution in [1.29, 1.82) is 0 Å². The topological polar surface area (TPSA) is 45.8 Å². The number of halogens is 1. The monoisotopic (exact) mass is 284 g/mol. The molecule has 108 valence electrons. The normalized spacial score (nSPS) is 10.8. The molecule has 19 heavy (non-hydrogen) atoms. The predicted molar refractivity (Wildman–Crippen MR) is 80.8 cm³/mol. The summed E-state index contributed by atoms with van der Waals surface area (Å²) in [5.41, 5.74) is 0.574. The molecule has 1 aromatic heterocycles. The molecule has 3 nitrogen and oxygen atoms in total. The maximum absolute atomic E-state index is 11.0. The minimum absolute atomic E-state index is 0.235. The van der Waals surface area contributed by atoms with Crippen LogP contribution in [0.4, 0.5) is 0 Å². The Balaban J connectivity index is 2.03. The second-order valence-corrected chi connectivity index (χ2v) is 5.46. The number of unbranched alkanes of at least 4 members (excludes halogenated alkanes) is 8. The van der Waals surface area contributed by atoms with Crippen LogP contribution in [0.1, 0.15) is 70.4 Å². The molecule has 0 atom stereocenters. The van der Waals surface area contributed by atoms with E-state index in [0.29, 0.717) is 5.15 Å². The van der Waals surface area contributed by atoms with Crippen molar-refractivity contribution in [1.82, 2.24) is 9.97 Å². The van der Waals surface area contributed by atoms with Gasteiger partial charge in [0.2, 0.25) is 0 Å². The molecule has 0 aromatic carbocycles. The van der Waals surface area contributed by atoms with E-state index in [1.165, 1.54) is 57.6 Å². The second kappa shape index (κ2) is 10.0. The van der Waals surface area contributed by atoms with Gasteiger partial charge in [0.1, 0.15) is 5.15 Å². The van der Waals surface area contributed by atoms with E-state index in [4.69, 9.17) is 11.6 Å². The highest BCUT2D eigenvalue weighted by atomic mass is 35.5. The second-order valence-electron chi connectivity index (χ2n) is 5.09. The van der Waals surface area contributed by atoms with Gasteiger partial charge in [0.05, 0.1) is 11.9 Å². The first-order valence-corrected chi connectivity index (χ1v) is 7.85. The minimum atomic E-state index is -0.235. The van der Waals surface area contributed by atoms with Gasteiger partial charge in [-0.3, -0.25) is 9.78 Å². The molecule has 0 spiro atoms. The molecule has 1 aromatic rings. The first kappa shape index (κ1) is 16.2. The maximum atomic E-state index is 11.0. The molecule has 0 amide bonds. The van der Waals surface area contributed by atoms with E-state index in [1.807, 2.05) is 0 Å². The van der Waals surface area contributed by atoms with Gasteiger partial charge >= 0.3 is 0 Å². The predicted octanol–water partition coefficient (Wildman–Crippen LogP) is 4.50. The molecule has 0 bridgehead atoms. The Bertz CT molecular complexity index is 403. The van der Waals surface area contributed by atoms with Crippen LogP contribution in [-0.2, 0) is 6.42 Å².